The van der Waals surface area contributed by atoms with E-state index in [-0.39, 0.29) is 11.1 Å². The van der Waals surface area contributed by atoms with Crippen LogP contribution >= 0.6 is 0 Å². The zero-order chi connectivity index (χ0) is 12.0. The highest BCUT2D eigenvalue weighted by molar-refractivity contribution is 5.80. The molecule has 2 aromatic rings. The van der Waals surface area contributed by atoms with Crippen molar-refractivity contribution < 1.29 is 13.2 Å². The van der Waals surface area contributed by atoms with Crippen molar-refractivity contribution in [3.63, 3.8) is 0 Å². The molecular weight excluding hydrogens is 219 g/mol. The van der Waals surface area contributed by atoms with Crippen LogP contribution in [-0.2, 0) is 0 Å². The van der Waals surface area contributed by atoms with Gasteiger partial charge in [0.15, 0.2) is 22.9 Å². The normalized spacial score (nSPS) is 11.1. The maximum atomic E-state index is 13.4. The van der Waals surface area contributed by atoms with E-state index in [4.69, 9.17) is 0 Å². The molecule has 1 N–H and O–H groups in total. The number of aromatic amines is 1. The summed E-state index contributed by atoms with van der Waals surface area (Å²) in [4.78, 5) is 14.2. The highest BCUT2D eigenvalue weighted by atomic mass is 19.2. The van der Waals surface area contributed by atoms with Crippen molar-refractivity contribution in [2.45, 2.75) is 13.8 Å². The van der Waals surface area contributed by atoms with E-state index in [9.17, 15) is 18.0 Å². The second-order valence-electron chi connectivity index (χ2n) is 3.61. The number of rotatable bonds is 0. The Labute approximate surface area is 88.7 Å². The number of pyridine rings is 1. The van der Waals surface area contributed by atoms with Crippen LogP contribution in [0, 0.1) is 31.3 Å². The molecule has 0 amide bonds. The molecule has 5 heteroatoms. The monoisotopic (exact) mass is 227 g/mol. The summed E-state index contributed by atoms with van der Waals surface area (Å²) in [6, 6.07) is 0.419. The molecule has 0 aliphatic rings. The maximum absolute atomic E-state index is 13.4. The van der Waals surface area contributed by atoms with Gasteiger partial charge in [0.05, 0.1) is 10.9 Å². The van der Waals surface area contributed by atoms with Crippen LogP contribution in [0.3, 0.4) is 0 Å². The van der Waals surface area contributed by atoms with Gasteiger partial charge < -0.3 is 4.98 Å². The second-order valence-corrected chi connectivity index (χ2v) is 3.61. The lowest BCUT2D eigenvalue weighted by molar-refractivity contribution is 0.504. The molecule has 16 heavy (non-hydrogen) atoms. The van der Waals surface area contributed by atoms with Crippen molar-refractivity contribution in [3.8, 4) is 0 Å². The largest absolute Gasteiger partial charge is 0.356 e. The van der Waals surface area contributed by atoms with Gasteiger partial charge in [0.2, 0.25) is 0 Å². The molecule has 2 rings (SSSR count). The minimum absolute atomic E-state index is 0.247. The van der Waals surface area contributed by atoms with Crippen LogP contribution in [0.5, 0.6) is 0 Å². The first-order valence-corrected chi connectivity index (χ1v) is 4.60. The smallest absolute Gasteiger partial charge is 0.195 e. The number of nitrogens with one attached hydrogen (secondary N) is 1. The van der Waals surface area contributed by atoms with E-state index >= 15 is 0 Å². The Kier molecular flexibility index (Phi) is 2.26. The number of H-pyrrole nitrogens is 1. The van der Waals surface area contributed by atoms with Crippen molar-refractivity contribution in [2.75, 3.05) is 0 Å². The van der Waals surface area contributed by atoms with E-state index in [0.717, 1.165) is 0 Å². The molecule has 2 nitrogen and oxygen atoms in total. The fraction of sp³-hybridized carbons (Fsp3) is 0.182. The number of benzene rings is 1. The second kappa shape index (κ2) is 3.37. The molecule has 84 valence electrons. The summed E-state index contributed by atoms with van der Waals surface area (Å²) in [7, 11) is 0. The Bertz CT molecular complexity index is 646. The fourth-order valence-corrected chi connectivity index (χ4v) is 1.57. The zero-order valence-corrected chi connectivity index (χ0v) is 8.62. The molecule has 1 heterocycles. The van der Waals surface area contributed by atoms with Gasteiger partial charge in [0.25, 0.3) is 0 Å². The molecule has 0 spiro atoms. The predicted octanol–water partition coefficient (Wildman–Crippen LogP) is 2.56. The lowest BCUT2D eigenvalue weighted by Gasteiger charge is -2.06. The number of hydrogen-bond acceptors (Lipinski definition) is 1. The molecule has 0 atom stereocenters. The first-order chi connectivity index (χ1) is 7.43. The van der Waals surface area contributed by atoms with E-state index in [2.05, 4.69) is 4.98 Å². The Morgan fingerprint density at radius 2 is 1.75 bits per heavy atom. The molecule has 0 fully saturated rings. The standard InChI is InChI=1S/C11H8F3NO/c1-4-5(2)15-10-7(13)3-6(12)9(14)8(10)11(4)16/h3H,1-2H3,(H,15,16). The summed E-state index contributed by atoms with van der Waals surface area (Å²) >= 11 is 0. The van der Waals surface area contributed by atoms with Gasteiger partial charge >= 0.3 is 0 Å². The SMILES string of the molecule is Cc1[nH]c2c(F)cc(F)c(F)c2c(=O)c1C. The van der Waals surface area contributed by atoms with Gasteiger partial charge in [-0.05, 0) is 13.8 Å². The van der Waals surface area contributed by atoms with Crippen molar-refractivity contribution in [1.82, 2.24) is 4.98 Å². The number of hydrogen-bond donors (Lipinski definition) is 1. The first-order valence-electron chi connectivity index (χ1n) is 4.60. The summed E-state index contributed by atoms with van der Waals surface area (Å²) in [6.45, 7) is 3.03. The summed E-state index contributed by atoms with van der Waals surface area (Å²) in [5.41, 5.74) is -0.312. The van der Waals surface area contributed by atoms with Crippen molar-refractivity contribution >= 4 is 10.9 Å². The Morgan fingerprint density at radius 3 is 2.38 bits per heavy atom. The van der Waals surface area contributed by atoms with Gasteiger partial charge in [0, 0.05) is 17.3 Å². The third-order valence-corrected chi connectivity index (χ3v) is 2.61. The van der Waals surface area contributed by atoms with Crippen molar-refractivity contribution in [1.29, 1.82) is 0 Å². The predicted molar refractivity (Wildman–Crippen MR) is 53.9 cm³/mol. The van der Waals surface area contributed by atoms with Gasteiger partial charge in [0.1, 0.15) is 0 Å². The van der Waals surface area contributed by atoms with Crippen LogP contribution in [0.15, 0.2) is 10.9 Å². The quantitative estimate of drug-likeness (QED) is 0.689. The van der Waals surface area contributed by atoms with Crippen LogP contribution in [0.4, 0.5) is 13.2 Å². The molecule has 0 aliphatic carbocycles. The average molecular weight is 227 g/mol. The first kappa shape index (κ1) is 10.7. The lowest BCUT2D eigenvalue weighted by atomic mass is 10.1. The fourth-order valence-electron chi connectivity index (χ4n) is 1.57. The van der Waals surface area contributed by atoms with E-state index < -0.39 is 28.3 Å². The van der Waals surface area contributed by atoms with Gasteiger partial charge in [-0.25, -0.2) is 13.2 Å². The topological polar surface area (TPSA) is 32.9 Å². The van der Waals surface area contributed by atoms with Gasteiger partial charge in [-0.1, -0.05) is 0 Å². The van der Waals surface area contributed by atoms with Gasteiger partial charge in [-0.15, -0.1) is 0 Å². The maximum Gasteiger partial charge on any atom is 0.195 e. The van der Waals surface area contributed by atoms with Crippen LogP contribution in [0.2, 0.25) is 0 Å². The molecular formula is C11H8F3NO. The van der Waals surface area contributed by atoms with Crippen molar-refractivity contribution in [3.05, 3.63) is 45.0 Å². The summed E-state index contributed by atoms with van der Waals surface area (Å²) < 4.78 is 39.7. The molecule has 0 saturated heterocycles. The molecule has 0 aliphatic heterocycles. The molecule has 1 aromatic carbocycles. The van der Waals surface area contributed by atoms with Crippen LogP contribution in [0.25, 0.3) is 10.9 Å². The lowest BCUT2D eigenvalue weighted by Crippen LogP contribution is -2.13. The summed E-state index contributed by atoms with van der Waals surface area (Å²) in [5.74, 6) is -3.66. The molecule has 0 unspecified atom stereocenters. The van der Waals surface area contributed by atoms with Crippen LogP contribution in [0.1, 0.15) is 11.3 Å². The van der Waals surface area contributed by atoms with Crippen LogP contribution in [-0.4, -0.2) is 4.98 Å². The highest BCUT2D eigenvalue weighted by Crippen LogP contribution is 2.20. The Hall–Kier alpha value is -1.78. The third kappa shape index (κ3) is 1.31. The molecule has 1 aromatic heterocycles. The Balaban J connectivity index is 3.14. The van der Waals surface area contributed by atoms with E-state index in [1.54, 1.807) is 6.92 Å². The highest BCUT2D eigenvalue weighted by Gasteiger charge is 2.17. The third-order valence-electron chi connectivity index (χ3n) is 2.61. The molecule has 0 saturated carbocycles. The summed E-state index contributed by atoms with van der Waals surface area (Å²) in [6.07, 6.45) is 0. The number of aromatic nitrogens is 1. The van der Waals surface area contributed by atoms with E-state index in [0.29, 0.717) is 11.8 Å². The van der Waals surface area contributed by atoms with Gasteiger partial charge in [-0.2, -0.15) is 0 Å². The minimum Gasteiger partial charge on any atom is -0.356 e. The molecule has 0 bridgehead atoms. The number of aryl methyl sites for hydroxylation is 1. The van der Waals surface area contributed by atoms with Gasteiger partial charge in [-0.3, -0.25) is 4.79 Å². The Morgan fingerprint density at radius 1 is 1.12 bits per heavy atom. The number of halogens is 3. The average Bonchev–Trinajstić information content (AvgIpc) is 2.22. The minimum atomic E-state index is -1.36. The summed E-state index contributed by atoms with van der Waals surface area (Å²) in [5, 5.41) is -0.569. The molecule has 0 radical (unpaired) electrons. The number of fused-ring (bicyclic) bond motifs is 1. The van der Waals surface area contributed by atoms with E-state index in [1.165, 1.54) is 6.92 Å². The van der Waals surface area contributed by atoms with Crippen molar-refractivity contribution in [2.24, 2.45) is 0 Å². The zero-order valence-electron chi connectivity index (χ0n) is 8.62. The van der Waals surface area contributed by atoms with Crippen LogP contribution < -0.4 is 5.43 Å². The van der Waals surface area contributed by atoms with E-state index in [1.807, 2.05) is 0 Å².